The van der Waals surface area contributed by atoms with E-state index < -0.39 is 31.0 Å². The van der Waals surface area contributed by atoms with Crippen molar-refractivity contribution in [2.75, 3.05) is 6.61 Å². The van der Waals surface area contributed by atoms with E-state index in [4.69, 9.17) is 9.84 Å². The Morgan fingerprint density at radius 2 is 2.12 bits per heavy atom. The van der Waals surface area contributed by atoms with Gasteiger partial charge in [-0.15, -0.1) is 0 Å². The highest BCUT2D eigenvalue weighted by Crippen LogP contribution is 2.31. The number of nitrogens with one attached hydrogen (secondary N) is 1. The summed E-state index contributed by atoms with van der Waals surface area (Å²) >= 11 is 0. The molecule has 6 nitrogen and oxygen atoms in total. The van der Waals surface area contributed by atoms with Crippen molar-refractivity contribution in [1.29, 1.82) is 0 Å². The number of hydrogen-bond donors (Lipinski definition) is 4. The van der Waals surface area contributed by atoms with Crippen LogP contribution in [0.2, 0.25) is 0 Å². The third kappa shape index (κ3) is 1.76. The Bertz CT molecular complexity index is 418. The molecule has 4 atom stereocenters. The lowest BCUT2D eigenvalue weighted by Gasteiger charge is -2.13. The van der Waals surface area contributed by atoms with Gasteiger partial charge in [-0.1, -0.05) is 0 Å². The van der Waals surface area contributed by atoms with Crippen molar-refractivity contribution in [2.45, 2.75) is 24.4 Å². The number of rotatable bonds is 2. The first kappa shape index (κ1) is 11.3. The van der Waals surface area contributed by atoms with Crippen molar-refractivity contribution < 1.29 is 20.1 Å². The lowest BCUT2D eigenvalue weighted by molar-refractivity contribution is -0.0231. The van der Waals surface area contributed by atoms with E-state index in [-0.39, 0.29) is 11.1 Å². The maximum Gasteiger partial charge on any atom is 0.253 e. The third-order valence-electron chi connectivity index (χ3n) is 2.70. The molecule has 0 aliphatic carbocycles. The molecule has 0 amide bonds. The molecule has 16 heavy (non-hydrogen) atoms. The van der Waals surface area contributed by atoms with E-state index >= 15 is 0 Å². The maximum absolute atomic E-state index is 11.5. The van der Waals surface area contributed by atoms with E-state index in [1.54, 1.807) is 6.07 Å². The van der Waals surface area contributed by atoms with Gasteiger partial charge in [0.15, 0.2) is 0 Å². The highest BCUT2D eigenvalue weighted by Gasteiger charge is 2.43. The maximum atomic E-state index is 11.5. The van der Waals surface area contributed by atoms with Gasteiger partial charge in [-0.3, -0.25) is 4.79 Å². The van der Waals surface area contributed by atoms with Gasteiger partial charge in [0.1, 0.15) is 24.4 Å². The van der Waals surface area contributed by atoms with Crippen LogP contribution >= 0.6 is 0 Å². The van der Waals surface area contributed by atoms with Crippen LogP contribution in [0, 0.1) is 0 Å². The van der Waals surface area contributed by atoms with Gasteiger partial charge in [0.2, 0.25) is 0 Å². The largest absolute Gasteiger partial charge is 0.394 e. The summed E-state index contributed by atoms with van der Waals surface area (Å²) in [7, 11) is 0. The Morgan fingerprint density at radius 3 is 2.69 bits per heavy atom. The lowest BCUT2D eigenvalue weighted by atomic mass is 10.0. The number of aliphatic hydroxyl groups excluding tert-OH is 3. The van der Waals surface area contributed by atoms with Crippen LogP contribution in [-0.4, -0.2) is 45.2 Å². The minimum absolute atomic E-state index is 0.241. The van der Waals surface area contributed by atoms with Crippen LogP contribution in [0.3, 0.4) is 0 Å². The predicted molar refractivity (Wildman–Crippen MR) is 53.8 cm³/mol. The molecule has 0 saturated carbocycles. The summed E-state index contributed by atoms with van der Waals surface area (Å²) < 4.78 is 5.23. The SMILES string of the molecule is O=c1[nH]cccc1C1O[C@H](CO)[C@H](O)[C@H]1O. The van der Waals surface area contributed by atoms with Gasteiger partial charge in [0.05, 0.1) is 6.61 Å². The van der Waals surface area contributed by atoms with Crippen LogP contribution in [0.1, 0.15) is 11.7 Å². The average Bonchev–Trinajstić information content (AvgIpc) is 2.57. The Morgan fingerprint density at radius 1 is 1.38 bits per heavy atom. The minimum atomic E-state index is -1.21. The van der Waals surface area contributed by atoms with E-state index in [1.807, 2.05) is 0 Å². The minimum Gasteiger partial charge on any atom is -0.394 e. The second-order valence-corrected chi connectivity index (χ2v) is 3.71. The second kappa shape index (κ2) is 4.34. The van der Waals surface area contributed by atoms with Crippen molar-refractivity contribution in [3.05, 3.63) is 34.2 Å². The summed E-state index contributed by atoms with van der Waals surface area (Å²) in [5.74, 6) is 0. The van der Waals surface area contributed by atoms with Gasteiger partial charge in [-0.2, -0.15) is 0 Å². The molecule has 0 bridgehead atoms. The molecular formula is C10H13NO5. The third-order valence-corrected chi connectivity index (χ3v) is 2.70. The molecule has 1 fully saturated rings. The summed E-state index contributed by atoms with van der Waals surface area (Å²) in [6, 6.07) is 3.12. The first-order valence-electron chi connectivity index (χ1n) is 4.95. The fourth-order valence-electron chi connectivity index (χ4n) is 1.82. The monoisotopic (exact) mass is 227 g/mol. The van der Waals surface area contributed by atoms with E-state index in [0.717, 1.165) is 0 Å². The van der Waals surface area contributed by atoms with Crippen LogP contribution in [0.5, 0.6) is 0 Å². The highest BCUT2D eigenvalue weighted by atomic mass is 16.6. The van der Waals surface area contributed by atoms with Crippen molar-refractivity contribution in [1.82, 2.24) is 4.98 Å². The summed E-state index contributed by atoms with van der Waals surface area (Å²) in [5.41, 5.74) is -0.137. The van der Waals surface area contributed by atoms with Crippen molar-refractivity contribution >= 4 is 0 Å². The van der Waals surface area contributed by atoms with Crippen LogP contribution in [0.15, 0.2) is 23.1 Å². The normalized spacial score (nSPS) is 34.2. The second-order valence-electron chi connectivity index (χ2n) is 3.71. The molecule has 0 spiro atoms. The number of ether oxygens (including phenoxy) is 1. The van der Waals surface area contributed by atoms with Crippen LogP contribution in [0.4, 0.5) is 0 Å². The standard InChI is InChI=1S/C10H13NO5/c12-4-6-7(13)8(14)9(16-6)5-2-1-3-11-10(5)15/h1-3,6-9,12-14H,4H2,(H,11,15)/t6-,7+,8-,9?/m1/s1. The summed E-state index contributed by atoms with van der Waals surface area (Å²) in [5, 5.41) is 28.1. The molecule has 1 aromatic heterocycles. The predicted octanol–water partition coefficient (Wildman–Crippen LogP) is -1.47. The summed E-state index contributed by atoms with van der Waals surface area (Å²) in [6.07, 6.45) is -2.69. The fourth-order valence-corrected chi connectivity index (χ4v) is 1.82. The summed E-state index contributed by atoms with van der Waals surface area (Å²) in [6.45, 7) is -0.403. The molecule has 1 saturated heterocycles. The topological polar surface area (TPSA) is 103 Å². The molecule has 1 unspecified atom stereocenters. The molecular weight excluding hydrogens is 214 g/mol. The van der Waals surface area contributed by atoms with Gasteiger partial charge in [0, 0.05) is 11.8 Å². The molecule has 1 aliphatic rings. The van der Waals surface area contributed by atoms with Gasteiger partial charge in [0.25, 0.3) is 5.56 Å². The molecule has 2 heterocycles. The highest BCUT2D eigenvalue weighted by molar-refractivity contribution is 5.16. The fraction of sp³-hybridized carbons (Fsp3) is 0.500. The quantitative estimate of drug-likeness (QED) is 0.494. The zero-order chi connectivity index (χ0) is 11.7. The number of aromatic nitrogens is 1. The molecule has 0 aromatic carbocycles. The van der Waals surface area contributed by atoms with E-state index in [9.17, 15) is 15.0 Å². The molecule has 1 aliphatic heterocycles. The number of aromatic amines is 1. The van der Waals surface area contributed by atoms with Gasteiger partial charge in [-0.05, 0) is 12.1 Å². The zero-order valence-corrected chi connectivity index (χ0v) is 8.41. The van der Waals surface area contributed by atoms with Crippen LogP contribution in [0.25, 0.3) is 0 Å². The van der Waals surface area contributed by atoms with Gasteiger partial charge in [-0.25, -0.2) is 0 Å². The first-order valence-corrected chi connectivity index (χ1v) is 4.95. The Balaban J connectivity index is 2.30. The van der Waals surface area contributed by atoms with E-state index in [0.29, 0.717) is 0 Å². The van der Waals surface area contributed by atoms with Crippen molar-refractivity contribution in [3.63, 3.8) is 0 Å². The Kier molecular flexibility index (Phi) is 3.06. The Labute approximate surface area is 91.1 Å². The Hall–Kier alpha value is -1.21. The molecule has 88 valence electrons. The van der Waals surface area contributed by atoms with Crippen molar-refractivity contribution in [2.24, 2.45) is 0 Å². The smallest absolute Gasteiger partial charge is 0.253 e. The molecule has 6 heteroatoms. The average molecular weight is 227 g/mol. The molecule has 0 radical (unpaired) electrons. The van der Waals surface area contributed by atoms with E-state index in [1.165, 1.54) is 12.3 Å². The first-order chi connectivity index (χ1) is 7.65. The van der Waals surface area contributed by atoms with Gasteiger partial charge >= 0.3 is 0 Å². The summed E-state index contributed by atoms with van der Waals surface area (Å²) in [4.78, 5) is 13.9. The molecule has 4 N–H and O–H groups in total. The lowest BCUT2D eigenvalue weighted by Crippen LogP contribution is -2.33. The van der Waals surface area contributed by atoms with Crippen LogP contribution in [-0.2, 0) is 4.74 Å². The van der Waals surface area contributed by atoms with Gasteiger partial charge < -0.3 is 25.0 Å². The number of H-pyrrole nitrogens is 1. The number of hydrogen-bond acceptors (Lipinski definition) is 5. The molecule has 2 rings (SSSR count). The van der Waals surface area contributed by atoms with Crippen LogP contribution < -0.4 is 5.56 Å². The van der Waals surface area contributed by atoms with E-state index in [2.05, 4.69) is 4.98 Å². The van der Waals surface area contributed by atoms with Crippen molar-refractivity contribution in [3.8, 4) is 0 Å². The zero-order valence-electron chi connectivity index (χ0n) is 8.41. The number of pyridine rings is 1. The number of aliphatic hydroxyl groups is 3. The molecule has 1 aromatic rings.